The lowest BCUT2D eigenvalue weighted by Crippen LogP contribution is -1.99. The molecule has 0 saturated carbocycles. The van der Waals surface area contributed by atoms with E-state index in [2.05, 4.69) is 0 Å². The van der Waals surface area contributed by atoms with Gasteiger partial charge in [0.2, 0.25) is 9.05 Å². The minimum Gasteiger partial charge on any atom is -0.494 e. The van der Waals surface area contributed by atoms with Gasteiger partial charge in [0.15, 0.2) is 0 Å². The molecule has 3 nitrogen and oxygen atoms in total. The summed E-state index contributed by atoms with van der Waals surface area (Å²) >= 11 is 0. The Bertz CT molecular complexity index is 411. The van der Waals surface area contributed by atoms with Crippen LogP contribution < -0.4 is 4.74 Å². The van der Waals surface area contributed by atoms with Gasteiger partial charge in [0.1, 0.15) is 5.75 Å². The molecule has 1 aromatic carbocycles. The van der Waals surface area contributed by atoms with E-state index >= 15 is 0 Å². The highest BCUT2D eigenvalue weighted by atomic mass is 35.7. The number of hydrogen-bond donors (Lipinski definition) is 0. The second-order valence-corrected chi connectivity index (χ2v) is 6.32. The molecule has 0 atom stereocenters. The summed E-state index contributed by atoms with van der Waals surface area (Å²) in [5.41, 5.74) is 1.09. The highest BCUT2D eigenvalue weighted by Crippen LogP contribution is 2.13. The maximum Gasteiger partial charge on any atom is 0.232 e. The van der Waals surface area contributed by atoms with Crippen LogP contribution in [0.15, 0.2) is 24.3 Å². The molecule has 0 N–H and O–H groups in total. The van der Waals surface area contributed by atoms with Gasteiger partial charge in [-0.15, -0.1) is 0 Å². The van der Waals surface area contributed by atoms with Crippen LogP contribution in [-0.2, 0) is 15.5 Å². The van der Waals surface area contributed by atoms with E-state index in [4.69, 9.17) is 15.4 Å². The van der Waals surface area contributed by atoms with Crippen LogP contribution in [0.5, 0.6) is 5.75 Å². The summed E-state index contributed by atoms with van der Waals surface area (Å²) in [5, 5.41) is 0. The Morgan fingerprint density at radius 1 is 1.25 bits per heavy atom. The molecular weight excluding hydrogens is 248 g/mol. The van der Waals surface area contributed by atoms with Gasteiger partial charge in [-0.2, -0.15) is 0 Å². The lowest BCUT2D eigenvalue weighted by molar-refractivity contribution is 0.340. The quantitative estimate of drug-likeness (QED) is 0.740. The van der Waals surface area contributed by atoms with Gasteiger partial charge in [-0.25, -0.2) is 8.42 Å². The molecule has 5 heteroatoms. The van der Waals surface area contributed by atoms with Gasteiger partial charge < -0.3 is 4.74 Å². The summed E-state index contributed by atoms with van der Waals surface area (Å²) in [6.07, 6.45) is 1.25. The molecule has 0 bridgehead atoms. The van der Waals surface area contributed by atoms with Crippen molar-refractivity contribution in [3.63, 3.8) is 0 Å². The van der Waals surface area contributed by atoms with E-state index < -0.39 is 9.05 Å². The number of halogens is 1. The second kappa shape index (κ2) is 6.11. The maximum absolute atomic E-state index is 10.7. The van der Waals surface area contributed by atoms with Crippen molar-refractivity contribution in [1.82, 2.24) is 0 Å². The van der Waals surface area contributed by atoms with Gasteiger partial charge in [0, 0.05) is 10.7 Å². The number of aryl methyl sites for hydroxylation is 1. The highest BCUT2D eigenvalue weighted by Gasteiger charge is 2.04. The zero-order valence-corrected chi connectivity index (χ0v) is 10.7. The lowest BCUT2D eigenvalue weighted by Gasteiger charge is -2.04. The third-order valence-electron chi connectivity index (χ3n) is 2.09. The van der Waals surface area contributed by atoms with Crippen LogP contribution in [-0.4, -0.2) is 20.8 Å². The number of ether oxygens (including phenoxy) is 1. The summed E-state index contributed by atoms with van der Waals surface area (Å²) < 4.78 is 26.7. The first-order valence-corrected chi connectivity index (χ1v) is 7.63. The Labute approximate surface area is 101 Å². The van der Waals surface area contributed by atoms with Crippen molar-refractivity contribution in [2.24, 2.45) is 0 Å². The number of rotatable bonds is 6. The summed E-state index contributed by atoms with van der Waals surface area (Å²) in [5.74, 6) is 0.845. The molecule has 0 saturated heterocycles. The zero-order chi connectivity index (χ0) is 12.0. The van der Waals surface area contributed by atoms with E-state index in [1.54, 1.807) is 0 Å². The molecule has 0 aromatic heterocycles. The van der Waals surface area contributed by atoms with Crippen molar-refractivity contribution >= 4 is 19.7 Å². The van der Waals surface area contributed by atoms with Crippen LogP contribution in [0.25, 0.3) is 0 Å². The molecule has 0 aliphatic rings. The molecule has 0 amide bonds. The Balaban J connectivity index is 2.43. The average molecular weight is 263 g/mol. The first kappa shape index (κ1) is 13.3. The molecule has 0 fully saturated rings. The molecule has 0 aliphatic carbocycles. The number of hydrogen-bond acceptors (Lipinski definition) is 3. The van der Waals surface area contributed by atoms with Crippen molar-refractivity contribution < 1.29 is 13.2 Å². The molecule has 0 radical (unpaired) electrons. The second-order valence-electron chi connectivity index (χ2n) is 3.42. The first-order valence-electron chi connectivity index (χ1n) is 5.15. The van der Waals surface area contributed by atoms with Crippen LogP contribution in [0.2, 0.25) is 0 Å². The van der Waals surface area contributed by atoms with E-state index in [9.17, 15) is 8.42 Å². The fraction of sp³-hybridized carbons (Fsp3) is 0.455. The molecule has 0 aliphatic heterocycles. The Hall–Kier alpha value is -0.740. The maximum atomic E-state index is 10.7. The molecule has 1 aromatic rings. The minimum absolute atomic E-state index is 0.0156. The molecule has 0 heterocycles. The van der Waals surface area contributed by atoms with E-state index in [1.165, 1.54) is 0 Å². The van der Waals surface area contributed by atoms with Gasteiger partial charge >= 0.3 is 0 Å². The van der Waals surface area contributed by atoms with E-state index in [0.717, 1.165) is 11.3 Å². The third kappa shape index (κ3) is 5.37. The third-order valence-corrected chi connectivity index (χ3v) is 3.33. The lowest BCUT2D eigenvalue weighted by atomic mass is 10.1. The van der Waals surface area contributed by atoms with Crippen molar-refractivity contribution in [2.75, 3.05) is 12.4 Å². The van der Waals surface area contributed by atoms with Crippen LogP contribution in [0.3, 0.4) is 0 Å². The monoisotopic (exact) mass is 262 g/mol. The van der Waals surface area contributed by atoms with Crippen molar-refractivity contribution in [3.8, 4) is 5.75 Å². The smallest absolute Gasteiger partial charge is 0.232 e. The Morgan fingerprint density at radius 2 is 1.88 bits per heavy atom. The van der Waals surface area contributed by atoms with Crippen LogP contribution >= 0.6 is 10.7 Å². The molecule has 0 spiro atoms. The Kier molecular flexibility index (Phi) is 5.09. The standard InChI is InChI=1S/C11H15ClO3S/c1-2-15-11-7-5-10(6-8-11)4-3-9-16(12,13)14/h5-8H,2-4,9H2,1H3. The van der Waals surface area contributed by atoms with Crippen LogP contribution in [0.1, 0.15) is 18.9 Å². The van der Waals surface area contributed by atoms with Crippen molar-refractivity contribution in [1.29, 1.82) is 0 Å². The molecular formula is C11H15ClO3S. The molecule has 1 rings (SSSR count). The van der Waals surface area contributed by atoms with Gasteiger partial charge in [-0.3, -0.25) is 0 Å². The van der Waals surface area contributed by atoms with E-state index in [0.29, 0.717) is 19.4 Å². The average Bonchev–Trinajstić information content (AvgIpc) is 2.19. The van der Waals surface area contributed by atoms with Crippen LogP contribution in [0, 0.1) is 0 Å². The van der Waals surface area contributed by atoms with E-state index in [1.807, 2.05) is 31.2 Å². The molecule has 90 valence electrons. The normalized spacial score (nSPS) is 11.4. The topological polar surface area (TPSA) is 43.4 Å². The van der Waals surface area contributed by atoms with Crippen molar-refractivity contribution in [2.45, 2.75) is 19.8 Å². The van der Waals surface area contributed by atoms with Gasteiger partial charge in [-0.1, -0.05) is 12.1 Å². The predicted octanol–water partition coefficient (Wildman–Crippen LogP) is 2.59. The fourth-order valence-electron chi connectivity index (χ4n) is 1.37. The SMILES string of the molecule is CCOc1ccc(CCCS(=O)(=O)Cl)cc1. The molecule has 0 unspecified atom stereocenters. The van der Waals surface area contributed by atoms with Crippen LogP contribution in [0.4, 0.5) is 0 Å². The van der Waals surface area contributed by atoms with Gasteiger partial charge in [0.25, 0.3) is 0 Å². The number of benzene rings is 1. The fourth-order valence-corrected chi connectivity index (χ4v) is 2.18. The zero-order valence-electron chi connectivity index (χ0n) is 9.15. The summed E-state index contributed by atoms with van der Waals surface area (Å²) in [4.78, 5) is 0. The predicted molar refractivity (Wildman–Crippen MR) is 65.6 cm³/mol. The molecule has 16 heavy (non-hydrogen) atoms. The Morgan fingerprint density at radius 3 is 2.38 bits per heavy atom. The summed E-state index contributed by atoms with van der Waals surface area (Å²) in [6, 6.07) is 7.64. The van der Waals surface area contributed by atoms with Gasteiger partial charge in [0.05, 0.1) is 12.4 Å². The van der Waals surface area contributed by atoms with Gasteiger partial charge in [-0.05, 0) is 37.5 Å². The first-order chi connectivity index (χ1) is 7.51. The minimum atomic E-state index is -3.36. The summed E-state index contributed by atoms with van der Waals surface area (Å²) in [6.45, 7) is 2.57. The largest absolute Gasteiger partial charge is 0.494 e. The highest BCUT2D eigenvalue weighted by molar-refractivity contribution is 8.13. The van der Waals surface area contributed by atoms with Crippen molar-refractivity contribution in [3.05, 3.63) is 29.8 Å². The van der Waals surface area contributed by atoms with E-state index in [-0.39, 0.29) is 5.75 Å². The summed E-state index contributed by atoms with van der Waals surface area (Å²) in [7, 11) is 1.75.